The van der Waals surface area contributed by atoms with E-state index in [-0.39, 0.29) is 0 Å². The summed E-state index contributed by atoms with van der Waals surface area (Å²) in [7, 11) is 0. The molecule has 0 aliphatic heterocycles. The number of benzene rings is 1. The highest BCUT2D eigenvalue weighted by molar-refractivity contribution is 5.79. The molecule has 0 bridgehead atoms. The van der Waals surface area contributed by atoms with Crippen LogP contribution in [0.5, 0.6) is 0 Å². The minimum Gasteiger partial charge on any atom is -0.381 e. The molecule has 1 aromatic rings. The summed E-state index contributed by atoms with van der Waals surface area (Å²) in [6, 6.07) is 6.53. The van der Waals surface area contributed by atoms with Gasteiger partial charge in [0.15, 0.2) is 5.96 Å². The van der Waals surface area contributed by atoms with Crippen molar-refractivity contribution in [3.63, 3.8) is 0 Å². The topological polar surface area (TPSA) is 45.7 Å². The third kappa shape index (κ3) is 7.04. The van der Waals surface area contributed by atoms with E-state index >= 15 is 0 Å². The van der Waals surface area contributed by atoms with Crippen molar-refractivity contribution < 1.29 is 4.74 Å². The van der Waals surface area contributed by atoms with Crippen molar-refractivity contribution in [1.29, 1.82) is 0 Å². The lowest BCUT2D eigenvalue weighted by atomic mass is 10.1. The van der Waals surface area contributed by atoms with Crippen LogP contribution in [0.2, 0.25) is 0 Å². The number of guanidine groups is 1. The Morgan fingerprint density at radius 2 is 2.09 bits per heavy atom. The quantitative estimate of drug-likeness (QED) is 0.418. The number of hydrogen-bond acceptors (Lipinski definition) is 2. The third-order valence-electron chi connectivity index (χ3n) is 4.06. The van der Waals surface area contributed by atoms with Gasteiger partial charge in [-0.25, -0.2) is 4.99 Å². The zero-order valence-corrected chi connectivity index (χ0v) is 14.8. The van der Waals surface area contributed by atoms with Crippen molar-refractivity contribution in [2.24, 2.45) is 10.9 Å². The van der Waals surface area contributed by atoms with E-state index < -0.39 is 0 Å². The average molecular weight is 317 g/mol. The fourth-order valence-corrected chi connectivity index (χ4v) is 2.44. The van der Waals surface area contributed by atoms with Crippen LogP contribution in [0.3, 0.4) is 0 Å². The third-order valence-corrected chi connectivity index (χ3v) is 4.06. The maximum absolute atomic E-state index is 5.66. The molecule has 2 N–H and O–H groups in total. The van der Waals surface area contributed by atoms with Crippen LogP contribution in [0, 0.1) is 19.8 Å². The maximum atomic E-state index is 5.66. The van der Waals surface area contributed by atoms with Crippen LogP contribution in [-0.2, 0) is 11.3 Å². The molecular formula is C19H31N3O. The van der Waals surface area contributed by atoms with Crippen LogP contribution in [0.15, 0.2) is 23.2 Å². The Bertz CT molecular complexity index is 509. The second-order valence-electron chi connectivity index (χ2n) is 6.42. The Morgan fingerprint density at radius 3 is 2.78 bits per heavy atom. The molecule has 0 unspecified atom stereocenters. The summed E-state index contributed by atoms with van der Waals surface area (Å²) in [5.41, 5.74) is 3.88. The molecule has 1 aromatic carbocycles. The van der Waals surface area contributed by atoms with Crippen LogP contribution in [-0.4, -0.2) is 32.3 Å². The molecule has 4 nitrogen and oxygen atoms in total. The summed E-state index contributed by atoms with van der Waals surface area (Å²) < 4.78 is 5.66. The lowest BCUT2D eigenvalue weighted by molar-refractivity contribution is 0.123. The highest BCUT2D eigenvalue weighted by Crippen LogP contribution is 2.28. The first-order valence-electron chi connectivity index (χ1n) is 8.85. The Balaban J connectivity index is 1.72. The van der Waals surface area contributed by atoms with Gasteiger partial charge in [-0.1, -0.05) is 23.8 Å². The van der Waals surface area contributed by atoms with Gasteiger partial charge in [-0.2, -0.15) is 0 Å². The van der Waals surface area contributed by atoms with E-state index in [1.165, 1.54) is 29.5 Å². The highest BCUT2D eigenvalue weighted by atomic mass is 16.5. The first kappa shape index (κ1) is 17.8. The van der Waals surface area contributed by atoms with Gasteiger partial charge in [-0.3, -0.25) is 0 Å². The van der Waals surface area contributed by atoms with Crippen LogP contribution < -0.4 is 10.6 Å². The number of aliphatic imine (C=N–C) groups is 1. The Kier molecular flexibility index (Phi) is 7.40. The molecule has 0 spiro atoms. The molecule has 1 fully saturated rings. The zero-order chi connectivity index (χ0) is 16.5. The maximum Gasteiger partial charge on any atom is 0.191 e. The van der Waals surface area contributed by atoms with E-state index in [2.05, 4.69) is 54.6 Å². The van der Waals surface area contributed by atoms with Gasteiger partial charge in [0.2, 0.25) is 0 Å². The van der Waals surface area contributed by atoms with Gasteiger partial charge >= 0.3 is 0 Å². The normalized spacial score (nSPS) is 14.8. The van der Waals surface area contributed by atoms with E-state index in [0.717, 1.165) is 44.6 Å². The largest absolute Gasteiger partial charge is 0.381 e. The number of nitrogens with one attached hydrogen (secondary N) is 2. The Hall–Kier alpha value is -1.55. The van der Waals surface area contributed by atoms with Crippen LogP contribution in [0.1, 0.15) is 42.9 Å². The number of hydrogen-bond donors (Lipinski definition) is 2. The molecule has 0 saturated heterocycles. The van der Waals surface area contributed by atoms with E-state index in [0.29, 0.717) is 6.54 Å². The lowest BCUT2D eigenvalue weighted by Crippen LogP contribution is -2.38. The zero-order valence-electron chi connectivity index (χ0n) is 14.8. The van der Waals surface area contributed by atoms with Crippen molar-refractivity contribution in [2.45, 2.75) is 46.6 Å². The van der Waals surface area contributed by atoms with Crippen molar-refractivity contribution in [3.05, 3.63) is 34.9 Å². The SMILES string of the molecule is CCNC(=NCc1ccc(C)cc1C)NCCCOCC1CC1. The predicted molar refractivity (Wildman–Crippen MR) is 96.9 cm³/mol. The van der Waals surface area contributed by atoms with Crippen molar-refractivity contribution >= 4 is 5.96 Å². The molecule has 1 aliphatic rings. The Morgan fingerprint density at radius 1 is 1.26 bits per heavy atom. The first-order valence-corrected chi connectivity index (χ1v) is 8.85. The monoisotopic (exact) mass is 317 g/mol. The standard InChI is InChI=1S/C19H31N3O/c1-4-20-19(21-10-5-11-23-14-17-7-8-17)22-13-18-9-6-15(2)12-16(18)3/h6,9,12,17H,4-5,7-8,10-11,13-14H2,1-3H3,(H2,20,21,22). The molecule has 2 rings (SSSR count). The minimum absolute atomic E-state index is 0.708. The number of rotatable bonds is 9. The van der Waals surface area contributed by atoms with Crippen LogP contribution in [0.25, 0.3) is 0 Å². The number of aryl methyl sites for hydroxylation is 2. The van der Waals surface area contributed by atoms with E-state index in [4.69, 9.17) is 4.74 Å². The second kappa shape index (κ2) is 9.56. The number of nitrogens with zero attached hydrogens (tertiary/aromatic N) is 1. The molecule has 0 radical (unpaired) electrons. The van der Waals surface area contributed by atoms with Crippen LogP contribution in [0.4, 0.5) is 0 Å². The van der Waals surface area contributed by atoms with Gasteiger partial charge in [0.1, 0.15) is 0 Å². The van der Waals surface area contributed by atoms with Crippen LogP contribution >= 0.6 is 0 Å². The molecule has 23 heavy (non-hydrogen) atoms. The van der Waals surface area contributed by atoms with Gasteiger partial charge in [-0.05, 0) is 57.1 Å². The van der Waals surface area contributed by atoms with Gasteiger partial charge in [0.05, 0.1) is 6.54 Å². The van der Waals surface area contributed by atoms with Crippen molar-refractivity contribution in [2.75, 3.05) is 26.3 Å². The minimum atomic E-state index is 0.708. The Labute approximate surface area is 140 Å². The summed E-state index contributed by atoms with van der Waals surface area (Å²) in [5.74, 6) is 1.73. The summed E-state index contributed by atoms with van der Waals surface area (Å²) in [5, 5.41) is 6.69. The van der Waals surface area contributed by atoms with Crippen molar-refractivity contribution in [3.8, 4) is 0 Å². The molecule has 0 aromatic heterocycles. The lowest BCUT2D eigenvalue weighted by Gasteiger charge is -2.12. The smallest absolute Gasteiger partial charge is 0.191 e. The molecule has 128 valence electrons. The molecule has 0 heterocycles. The molecule has 0 amide bonds. The summed E-state index contributed by atoms with van der Waals surface area (Å²) in [4.78, 5) is 4.68. The van der Waals surface area contributed by atoms with Gasteiger partial charge in [0, 0.05) is 26.3 Å². The molecule has 0 atom stereocenters. The van der Waals surface area contributed by atoms with Gasteiger partial charge in [-0.15, -0.1) is 0 Å². The van der Waals surface area contributed by atoms with E-state index in [9.17, 15) is 0 Å². The van der Waals surface area contributed by atoms with Gasteiger partial charge in [0.25, 0.3) is 0 Å². The van der Waals surface area contributed by atoms with E-state index in [1.807, 2.05) is 0 Å². The summed E-state index contributed by atoms with van der Waals surface area (Å²) >= 11 is 0. The fourth-order valence-electron chi connectivity index (χ4n) is 2.44. The summed E-state index contributed by atoms with van der Waals surface area (Å²) in [6.45, 7) is 10.6. The average Bonchev–Trinajstić information content (AvgIpc) is 3.33. The number of ether oxygens (including phenoxy) is 1. The predicted octanol–water partition coefficient (Wildman–Crippen LogP) is 3.18. The molecular weight excluding hydrogens is 286 g/mol. The van der Waals surface area contributed by atoms with Gasteiger partial charge < -0.3 is 15.4 Å². The molecule has 1 saturated carbocycles. The van der Waals surface area contributed by atoms with Crippen molar-refractivity contribution in [1.82, 2.24) is 10.6 Å². The molecule has 1 aliphatic carbocycles. The second-order valence-corrected chi connectivity index (χ2v) is 6.42. The summed E-state index contributed by atoms with van der Waals surface area (Å²) in [6.07, 6.45) is 3.72. The first-order chi connectivity index (χ1) is 11.2. The fraction of sp³-hybridized carbons (Fsp3) is 0.632. The van der Waals surface area contributed by atoms with E-state index in [1.54, 1.807) is 0 Å². The highest BCUT2D eigenvalue weighted by Gasteiger charge is 2.20. The molecule has 4 heteroatoms.